The fourth-order valence-corrected chi connectivity index (χ4v) is 3.28. The summed E-state index contributed by atoms with van der Waals surface area (Å²) in [5.74, 6) is 0.586. The van der Waals surface area contributed by atoms with E-state index in [4.69, 9.17) is 5.41 Å². The van der Waals surface area contributed by atoms with Crippen LogP contribution in [0.1, 0.15) is 44.2 Å². The normalized spacial score (nSPS) is 20.7. The van der Waals surface area contributed by atoms with Crippen LogP contribution in [0.5, 0.6) is 0 Å². The van der Waals surface area contributed by atoms with Crippen molar-refractivity contribution < 1.29 is 4.39 Å². The Balaban J connectivity index is 1.58. The minimum Gasteiger partial charge on any atom is -0.351 e. The lowest BCUT2D eigenvalue weighted by atomic mass is 9.94. The van der Waals surface area contributed by atoms with Crippen molar-refractivity contribution in [3.63, 3.8) is 0 Å². The number of hydrogen-bond acceptors (Lipinski definition) is 6. The van der Waals surface area contributed by atoms with Gasteiger partial charge in [0.2, 0.25) is 5.95 Å². The summed E-state index contributed by atoms with van der Waals surface area (Å²) in [6, 6.07) is 0.222. The quantitative estimate of drug-likeness (QED) is 0.871. The van der Waals surface area contributed by atoms with Gasteiger partial charge in [0, 0.05) is 18.8 Å². The Hall–Kier alpha value is -2.38. The van der Waals surface area contributed by atoms with Crippen LogP contribution in [0.25, 0.3) is 11.4 Å². The van der Waals surface area contributed by atoms with Crippen molar-refractivity contribution in [1.82, 2.24) is 25.0 Å². The summed E-state index contributed by atoms with van der Waals surface area (Å²) in [6.07, 6.45) is 7.82. The molecule has 0 aromatic carbocycles. The van der Waals surface area contributed by atoms with E-state index >= 15 is 0 Å². The molecule has 0 bridgehead atoms. The SMILES string of the molecule is Cn1nnc(-c2nc(NC3CCC(=N)CC3)ncc2F)c1CC1CC1. The van der Waals surface area contributed by atoms with Crippen LogP contribution in [0.3, 0.4) is 0 Å². The van der Waals surface area contributed by atoms with E-state index in [0.717, 1.165) is 43.5 Å². The molecule has 2 saturated carbocycles. The first-order chi connectivity index (χ1) is 12.1. The monoisotopic (exact) mass is 343 g/mol. The number of halogens is 1. The smallest absolute Gasteiger partial charge is 0.223 e. The van der Waals surface area contributed by atoms with Crippen LogP contribution in [0.15, 0.2) is 6.20 Å². The Morgan fingerprint density at radius 2 is 2.00 bits per heavy atom. The van der Waals surface area contributed by atoms with E-state index in [1.54, 1.807) is 4.68 Å². The highest BCUT2D eigenvalue weighted by molar-refractivity contribution is 5.82. The van der Waals surface area contributed by atoms with Gasteiger partial charge in [-0.05, 0) is 50.9 Å². The number of nitrogens with zero attached hydrogens (tertiary/aromatic N) is 5. The molecule has 0 amide bonds. The highest BCUT2D eigenvalue weighted by atomic mass is 19.1. The molecule has 2 N–H and O–H groups in total. The van der Waals surface area contributed by atoms with Crippen molar-refractivity contribution in [2.24, 2.45) is 13.0 Å². The van der Waals surface area contributed by atoms with Gasteiger partial charge in [-0.3, -0.25) is 4.68 Å². The second-order valence-corrected chi connectivity index (χ2v) is 7.07. The van der Waals surface area contributed by atoms with Crippen molar-refractivity contribution in [3.05, 3.63) is 17.7 Å². The number of aromatic nitrogens is 5. The number of hydrogen-bond donors (Lipinski definition) is 2. The van der Waals surface area contributed by atoms with Crippen LogP contribution in [0, 0.1) is 17.1 Å². The lowest BCUT2D eigenvalue weighted by molar-refractivity contribution is 0.582. The first-order valence-corrected chi connectivity index (χ1v) is 8.84. The van der Waals surface area contributed by atoms with Crippen molar-refractivity contribution in [3.8, 4) is 11.4 Å². The van der Waals surface area contributed by atoms with Gasteiger partial charge in [0.15, 0.2) is 5.82 Å². The molecule has 0 aliphatic heterocycles. The molecule has 25 heavy (non-hydrogen) atoms. The molecule has 0 atom stereocenters. The van der Waals surface area contributed by atoms with Gasteiger partial charge in [-0.1, -0.05) is 5.21 Å². The lowest BCUT2D eigenvalue weighted by Gasteiger charge is -2.23. The second-order valence-electron chi connectivity index (χ2n) is 7.07. The molecule has 8 heteroatoms. The maximum Gasteiger partial charge on any atom is 0.223 e. The first kappa shape index (κ1) is 16.1. The molecule has 2 fully saturated rings. The molecule has 2 heterocycles. The summed E-state index contributed by atoms with van der Waals surface area (Å²) in [7, 11) is 1.84. The van der Waals surface area contributed by atoms with Gasteiger partial charge in [-0.15, -0.1) is 5.10 Å². The van der Waals surface area contributed by atoms with Gasteiger partial charge in [0.1, 0.15) is 11.4 Å². The predicted molar refractivity (Wildman–Crippen MR) is 92.0 cm³/mol. The maximum absolute atomic E-state index is 14.4. The van der Waals surface area contributed by atoms with Crippen molar-refractivity contribution in [2.45, 2.75) is 51.0 Å². The largest absolute Gasteiger partial charge is 0.351 e. The molecule has 0 radical (unpaired) electrons. The highest BCUT2D eigenvalue weighted by Crippen LogP contribution is 2.35. The van der Waals surface area contributed by atoms with Gasteiger partial charge in [0.25, 0.3) is 0 Å². The minimum atomic E-state index is -0.478. The fourth-order valence-electron chi connectivity index (χ4n) is 3.28. The van der Waals surface area contributed by atoms with Crippen LogP contribution in [0.4, 0.5) is 10.3 Å². The van der Waals surface area contributed by atoms with E-state index < -0.39 is 5.82 Å². The van der Waals surface area contributed by atoms with Gasteiger partial charge in [-0.2, -0.15) is 0 Å². The average molecular weight is 343 g/mol. The molecular formula is C17H22FN7. The molecule has 0 unspecified atom stereocenters. The van der Waals surface area contributed by atoms with Gasteiger partial charge in [0.05, 0.1) is 11.9 Å². The summed E-state index contributed by atoms with van der Waals surface area (Å²) in [4.78, 5) is 8.47. The zero-order valence-electron chi connectivity index (χ0n) is 14.3. The molecule has 2 aromatic rings. The molecule has 7 nitrogen and oxygen atoms in total. The van der Waals surface area contributed by atoms with E-state index in [0.29, 0.717) is 17.6 Å². The second kappa shape index (κ2) is 6.50. The summed E-state index contributed by atoms with van der Waals surface area (Å²) in [5, 5.41) is 19.2. The summed E-state index contributed by atoms with van der Waals surface area (Å²) >= 11 is 0. The van der Waals surface area contributed by atoms with Crippen molar-refractivity contribution >= 4 is 11.7 Å². The first-order valence-electron chi connectivity index (χ1n) is 8.84. The van der Waals surface area contributed by atoms with E-state index in [9.17, 15) is 4.39 Å². The van der Waals surface area contributed by atoms with Crippen LogP contribution < -0.4 is 5.32 Å². The van der Waals surface area contributed by atoms with E-state index in [1.165, 1.54) is 19.0 Å². The van der Waals surface area contributed by atoms with E-state index in [1.807, 2.05) is 7.05 Å². The summed E-state index contributed by atoms with van der Waals surface area (Å²) in [5.41, 5.74) is 2.45. The van der Waals surface area contributed by atoms with Gasteiger partial charge < -0.3 is 10.7 Å². The molecule has 0 saturated heterocycles. The Kier molecular flexibility index (Phi) is 4.19. The third-order valence-corrected chi connectivity index (χ3v) is 5.01. The third-order valence-electron chi connectivity index (χ3n) is 5.01. The van der Waals surface area contributed by atoms with Crippen LogP contribution in [-0.4, -0.2) is 36.7 Å². The van der Waals surface area contributed by atoms with Gasteiger partial charge >= 0.3 is 0 Å². The fraction of sp³-hybridized carbons (Fsp3) is 0.588. The zero-order valence-corrected chi connectivity index (χ0v) is 14.3. The van der Waals surface area contributed by atoms with Crippen LogP contribution in [-0.2, 0) is 13.5 Å². The predicted octanol–water partition coefficient (Wildman–Crippen LogP) is 2.74. The number of nitrogens with one attached hydrogen (secondary N) is 2. The summed E-state index contributed by atoms with van der Waals surface area (Å²) < 4.78 is 16.1. The van der Waals surface area contributed by atoms with Crippen molar-refractivity contribution in [2.75, 3.05) is 5.32 Å². The Morgan fingerprint density at radius 3 is 2.72 bits per heavy atom. The van der Waals surface area contributed by atoms with Crippen molar-refractivity contribution in [1.29, 1.82) is 5.41 Å². The molecule has 132 valence electrons. The zero-order chi connectivity index (χ0) is 17.4. The van der Waals surface area contributed by atoms with E-state index in [2.05, 4.69) is 25.6 Å². The lowest BCUT2D eigenvalue weighted by Crippen LogP contribution is -2.26. The molecule has 2 aromatic heterocycles. The Morgan fingerprint density at radius 1 is 1.24 bits per heavy atom. The molecule has 0 spiro atoms. The van der Waals surface area contributed by atoms with E-state index in [-0.39, 0.29) is 11.7 Å². The third kappa shape index (κ3) is 3.52. The highest BCUT2D eigenvalue weighted by Gasteiger charge is 2.27. The summed E-state index contributed by atoms with van der Waals surface area (Å²) in [6.45, 7) is 0. The molecule has 4 rings (SSSR count). The molecule has 2 aliphatic rings. The Labute approximate surface area is 145 Å². The number of anilines is 1. The average Bonchev–Trinajstić information content (AvgIpc) is 3.35. The number of aryl methyl sites for hydroxylation is 1. The number of rotatable bonds is 5. The van der Waals surface area contributed by atoms with Gasteiger partial charge in [-0.25, -0.2) is 14.4 Å². The molecular weight excluding hydrogens is 321 g/mol. The minimum absolute atomic E-state index is 0.213. The Bertz CT molecular complexity index is 786. The van der Waals surface area contributed by atoms with Crippen LogP contribution in [0.2, 0.25) is 0 Å². The van der Waals surface area contributed by atoms with Crippen LogP contribution >= 0.6 is 0 Å². The molecule has 2 aliphatic carbocycles. The maximum atomic E-state index is 14.4. The standard InChI is InChI=1S/C17H22FN7/c1-25-14(8-10-2-3-10)16(23-24-25)15-13(18)9-20-17(22-15)21-12-6-4-11(19)5-7-12/h9-10,12,19H,2-8H2,1H3,(H,20,21,22). The topological polar surface area (TPSA) is 92.4 Å².